The minimum absolute atomic E-state index is 0.289. The standard InChI is InChI=1S/C14H24N4O2/c1-4-20-14(19)12-8-16-18(3)13(12)10-17(2)9-11-6-5-7-15-11/h8,11,15H,4-7,9-10H2,1-3H3. The average molecular weight is 280 g/mol. The molecular weight excluding hydrogens is 256 g/mol. The third-order valence-corrected chi connectivity index (χ3v) is 3.67. The van der Waals surface area contributed by atoms with Crippen molar-refractivity contribution in [1.29, 1.82) is 0 Å². The molecule has 0 radical (unpaired) electrons. The van der Waals surface area contributed by atoms with Gasteiger partial charge in [0.25, 0.3) is 0 Å². The van der Waals surface area contributed by atoms with E-state index in [0.717, 1.165) is 18.8 Å². The molecule has 0 aliphatic carbocycles. The second-order valence-electron chi connectivity index (χ2n) is 5.34. The van der Waals surface area contributed by atoms with Crippen molar-refractivity contribution < 1.29 is 9.53 Å². The summed E-state index contributed by atoms with van der Waals surface area (Å²) < 4.78 is 6.83. The molecule has 0 amide bonds. The number of ether oxygens (including phenoxy) is 1. The van der Waals surface area contributed by atoms with Crippen LogP contribution >= 0.6 is 0 Å². The van der Waals surface area contributed by atoms with Crippen LogP contribution < -0.4 is 5.32 Å². The predicted octanol–water partition coefficient (Wildman–Crippen LogP) is 0.781. The van der Waals surface area contributed by atoms with Gasteiger partial charge < -0.3 is 10.1 Å². The summed E-state index contributed by atoms with van der Waals surface area (Å²) in [6, 6.07) is 0.555. The van der Waals surface area contributed by atoms with Crippen LogP contribution in [-0.4, -0.2) is 53.4 Å². The largest absolute Gasteiger partial charge is 0.462 e. The van der Waals surface area contributed by atoms with Crippen LogP contribution in [0.3, 0.4) is 0 Å². The van der Waals surface area contributed by atoms with E-state index in [1.807, 2.05) is 14.0 Å². The average Bonchev–Trinajstić information content (AvgIpc) is 3.01. The Morgan fingerprint density at radius 3 is 3.10 bits per heavy atom. The summed E-state index contributed by atoms with van der Waals surface area (Å²) in [6.45, 7) is 4.98. The number of likely N-dealkylation sites (N-methyl/N-ethyl adjacent to an activating group) is 1. The molecule has 2 rings (SSSR count). The van der Waals surface area contributed by atoms with Crippen LogP contribution in [0.2, 0.25) is 0 Å². The maximum atomic E-state index is 11.9. The van der Waals surface area contributed by atoms with E-state index in [9.17, 15) is 4.79 Å². The quantitative estimate of drug-likeness (QED) is 0.780. The van der Waals surface area contributed by atoms with E-state index in [1.165, 1.54) is 12.8 Å². The van der Waals surface area contributed by atoms with Crippen LogP contribution in [0.15, 0.2) is 6.20 Å². The molecule has 112 valence electrons. The molecule has 2 heterocycles. The number of rotatable bonds is 6. The number of hydrogen-bond acceptors (Lipinski definition) is 5. The van der Waals surface area contributed by atoms with Crippen molar-refractivity contribution in [2.24, 2.45) is 7.05 Å². The van der Waals surface area contributed by atoms with Crippen LogP contribution in [0.25, 0.3) is 0 Å². The minimum atomic E-state index is -0.289. The topological polar surface area (TPSA) is 59.4 Å². The third-order valence-electron chi connectivity index (χ3n) is 3.67. The van der Waals surface area contributed by atoms with E-state index < -0.39 is 0 Å². The smallest absolute Gasteiger partial charge is 0.341 e. The molecule has 1 saturated heterocycles. The van der Waals surface area contributed by atoms with Gasteiger partial charge in [-0.05, 0) is 33.4 Å². The summed E-state index contributed by atoms with van der Waals surface area (Å²) in [4.78, 5) is 14.1. The molecule has 1 unspecified atom stereocenters. The zero-order valence-corrected chi connectivity index (χ0v) is 12.6. The molecule has 0 aromatic carbocycles. The van der Waals surface area contributed by atoms with Crippen LogP contribution in [-0.2, 0) is 18.3 Å². The first-order valence-electron chi connectivity index (χ1n) is 7.21. The highest BCUT2D eigenvalue weighted by Crippen LogP contribution is 2.13. The summed E-state index contributed by atoms with van der Waals surface area (Å²) in [5.74, 6) is -0.289. The van der Waals surface area contributed by atoms with Crippen molar-refractivity contribution in [1.82, 2.24) is 20.0 Å². The second kappa shape index (κ2) is 6.85. The van der Waals surface area contributed by atoms with E-state index in [1.54, 1.807) is 10.9 Å². The van der Waals surface area contributed by atoms with Crippen LogP contribution in [0.5, 0.6) is 0 Å². The molecule has 1 aromatic heterocycles. The molecule has 0 saturated carbocycles. The van der Waals surface area contributed by atoms with Gasteiger partial charge in [-0.15, -0.1) is 0 Å². The predicted molar refractivity (Wildman–Crippen MR) is 76.5 cm³/mol. The van der Waals surface area contributed by atoms with Crippen LogP contribution in [0, 0.1) is 0 Å². The third kappa shape index (κ3) is 3.58. The first kappa shape index (κ1) is 15.0. The SMILES string of the molecule is CCOC(=O)c1cnn(C)c1CN(C)CC1CCCN1. The highest BCUT2D eigenvalue weighted by molar-refractivity contribution is 5.90. The van der Waals surface area contributed by atoms with Gasteiger partial charge in [0.2, 0.25) is 0 Å². The molecule has 0 bridgehead atoms. The van der Waals surface area contributed by atoms with Crippen molar-refractivity contribution in [2.45, 2.75) is 32.4 Å². The molecule has 0 spiro atoms. The zero-order valence-electron chi connectivity index (χ0n) is 12.6. The molecule has 20 heavy (non-hydrogen) atoms. The van der Waals surface area contributed by atoms with Crippen molar-refractivity contribution in [3.8, 4) is 0 Å². The van der Waals surface area contributed by atoms with Gasteiger partial charge in [0, 0.05) is 26.2 Å². The molecule has 1 aliphatic heterocycles. The van der Waals surface area contributed by atoms with Gasteiger partial charge in [-0.1, -0.05) is 0 Å². The van der Waals surface area contributed by atoms with Gasteiger partial charge in [-0.3, -0.25) is 9.58 Å². The van der Waals surface area contributed by atoms with E-state index in [4.69, 9.17) is 4.74 Å². The Morgan fingerprint density at radius 2 is 2.45 bits per heavy atom. The molecular formula is C14H24N4O2. The molecule has 1 N–H and O–H groups in total. The van der Waals surface area contributed by atoms with Gasteiger partial charge in [-0.25, -0.2) is 4.79 Å². The summed E-state index contributed by atoms with van der Waals surface area (Å²) in [5, 5.41) is 7.66. The van der Waals surface area contributed by atoms with Crippen molar-refractivity contribution in [3.63, 3.8) is 0 Å². The second-order valence-corrected chi connectivity index (χ2v) is 5.34. The Balaban J connectivity index is 2.00. The summed E-state index contributed by atoms with van der Waals surface area (Å²) >= 11 is 0. The summed E-state index contributed by atoms with van der Waals surface area (Å²) in [7, 11) is 3.93. The lowest BCUT2D eigenvalue weighted by molar-refractivity contribution is 0.0524. The Hall–Kier alpha value is -1.40. The van der Waals surface area contributed by atoms with Gasteiger partial charge in [0.15, 0.2) is 0 Å². The lowest BCUT2D eigenvalue weighted by atomic mass is 10.2. The van der Waals surface area contributed by atoms with Gasteiger partial charge in [-0.2, -0.15) is 5.10 Å². The van der Waals surface area contributed by atoms with Crippen molar-refractivity contribution >= 4 is 5.97 Å². The maximum Gasteiger partial charge on any atom is 0.341 e. The van der Waals surface area contributed by atoms with E-state index >= 15 is 0 Å². The van der Waals surface area contributed by atoms with Gasteiger partial charge in [0.05, 0.1) is 18.5 Å². The normalized spacial score (nSPS) is 18.7. The lowest BCUT2D eigenvalue weighted by Crippen LogP contribution is -2.35. The number of hydrogen-bond donors (Lipinski definition) is 1. The number of aromatic nitrogens is 2. The number of esters is 1. The van der Waals surface area contributed by atoms with Crippen molar-refractivity contribution in [3.05, 3.63) is 17.5 Å². The van der Waals surface area contributed by atoms with E-state index in [-0.39, 0.29) is 5.97 Å². The fourth-order valence-corrected chi connectivity index (χ4v) is 2.64. The number of carbonyl (C=O) groups is 1. The first-order chi connectivity index (χ1) is 9.61. The number of aryl methyl sites for hydroxylation is 1. The number of nitrogens with one attached hydrogen (secondary N) is 1. The highest BCUT2D eigenvalue weighted by Gasteiger charge is 2.20. The molecule has 6 heteroatoms. The number of carbonyl (C=O) groups excluding carboxylic acids is 1. The summed E-state index contributed by atoms with van der Waals surface area (Å²) in [5.41, 5.74) is 1.48. The monoisotopic (exact) mass is 280 g/mol. The Morgan fingerprint density at radius 1 is 1.65 bits per heavy atom. The van der Waals surface area contributed by atoms with Crippen LogP contribution in [0.1, 0.15) is 35.8 Å². The molecule has 6 nitrogen and oxygen atoms in total. The Kier molecular flexibility index (Phi) is 5.14. The maximum absolute atomic E-state index is 11.9. The van der Waals surface area contributed by atoms with Crippen molar-refractivity contribution in [2.75, 3.05) is 26.7 Å². The van der Waals surface area contributed by atoms with Gasteiger partial charge in [0.1, 0.15) is 5.56 Å². The van der Waals surface area contributed by atoms with Gasteiger partial charge >= 0.3 is 5.97 Å². The minimum Gasteiger partial charge on any atom is -0.462 e. The Labute approximate surface area is 120 Å². The Bertz CT molecular complexity index is 452. The zero-order chi connectivity index (χ0) is 14.5. The number of nitrogens with zero attached hydrogens (tertiary/aromatic N) is 3. The van der Waals surface area contributed by atoms with E-state index in [0.29, 0.717) is 24.8 Å². The molecule has 1 atom stereocenters. The molecule has 1 aliphatic rings. The van der Waals surface area contributed by atoms with E-state index in [2.05, 4.69) is 22.4 Å². The molecule has 1 aromatic rings. The fourth-order valence-electron chi connectivity index (χ4n) is 2.64. The molecule has 1 fully saturated rings. The van der Waals surface area contributed by atoms with Crippen LogP contribution in [0.4, 0.5) is 0 Å². The highest BCUT2D eigenvalue weighted by atomic mass is 16.5. The fraction of sp³-hybridized carbons (Fsp3) is 0.714. The first-order valence-corrected chi connectivity index (χ1v) is 7.21. The lowest BCUT2D eigenvalue weighted by Gasteiger charge is -2.21. The summed E-state index contributed by atoms with van der Waals surface area (Å²) in [6.07, 6.45) is 4.06.